The Hall–Kier alpha value is -3.68. The van der Waals surface area contributed by atoms with Crippen molar-refractivity contribution in [1.82, 2.24) is 15.0 Å². The van der Waals surface area contributed by atoms with E-state index in [9.17, 15) is 9.59 Å². The topological polar surface area (TPSA) is 94.8 Å². The molecule has 8 heteroatoms. The lowest BCUT2D eigenvalue weighted by Gasteiger charge is -2.15. The fourth-order valence-electron chi connectivity index (χ4n) is 3.35. The summed E-state index contributed by atoms with van der Waals surface area (Å²) in [5, 5.41) is 3.93. The standard InChI is InChI=1S/C22H21N3O5/c1-28-18-9-3-2-8-17(18)21-23-19(30-24-21)14-29-22(27)16-7-4-6-15(12-16)13-25-11-5-10-20(25)26/h2-4,6-9,12H,5,10-11,13-14H2,1H3. The third-order valence-corrected chi connectivity index (χ3v) is 4.85. The summed E-state index contributed by atoms with van der Waals surface area (Å²) in [6.45, 7) is 1.10. The van der Waals surface area contributed by atoms with Gasteiger partial charge in [-0.1, -0.05) is 29.4 Å². The summed E-state index contributed by atoms with van der Waals surface area (Å²) in [6.07, 6.45) is 1.46. The van der Waals surface area contributed by atoms with Gasteiger partial charge in [-0.15, -0.1) is 0 Å². The summed E-state index contributed by atoms with van der Waals surface area (Å²) in [5.74, 6) is 0.806. The number of likely N-dealkylation sites (tertiary alicyclic amines) is 1. The highest BCUT2D eigenvalue weighted by Crippen LogP contribution is 2.27. The molecule has 0 radical (unpaired) electrons. The van der Waals surface area contributed by atoms with Crippen LogP contribution in [-0.4, -0.2) is 40.6 Å². The number of nitrogens with zero attached hydrogens (tertiary/aromatic N) is 3. The molecule has 30 heavy (non-hydrogen) atoms. The van der Waals surface area contributed by atoms with Crippen LogP contribution in [0.1, 0.15) is 34.7 Å². The quantitative estimate of drug-likeness (QED) is 0.555. The summed E-state index contributed by atoms with van der Waals surface area (Å²) < 4.78 is 15.8. The predicted molar refractivity (Wildman–Crippen MR) is 106 cm³/mol. The second kappa shape index (κ2) is 8.77. The van der Waals surface area contributed by atoms with Crippen molar-refractivity contribution >= 4 is 11.9 Å². The van der Waals surface area contributed by atoms with Crippen LogP contribution in [0.5, 0.6) is 5.75 Å². The summed E-state index contributed by atoms with van der Waals surface area (Å²) in [6, 6.07) is 14.4. The third-order valence-electron chi connectivity index (χ3n) is 4.85. The molecular weight excluding hydrogens is 386 g/mol. The molecule has 8 nitrogen and oxygen atoms in total. The number of methoxy groups -OCH3 is 1. The number of benzene rings is 2. The molecule has 0 atom stereocenters. The molecule has 1 saturated heterocycles. The minimum absolute atomic E-state index is 0.143. The molecule has 3 aromatic rings. The highest BCUT2D eigenvalue weighted by atomic mass is 16.6. The maximum atomic E-state index is 12.4. The minimum Gasteiger partial charge on any atom is -0.496 e. The van der Waals surface area contributed by atoms with Gasteiger partial charge in [-0.25, -0.2) is 4.79 Å². The van der Waals surface area contributed by atoms with Crippen molar-refractivity contribution in [3.63, 3.8) is 0 Å². The molecule has 0 bridgehead atoms. The molecule has 1 aromatic heterocycles. The summed E-state index contributed by atoms with van der Waals surface area (Å²) in [7, 11) is 1.56. The van der Waals surface area contributed by atoms with E-state index in [-0.39, 0.29) is 18.4 Å². The van der Waals surface area contributed by atoms with E-state index in [4.69, 9.17) is 14.0 Å². The van der Waals surface area contributed by atoms with Crippen LogP contribution in [-0.2, 0) is 22.7 Å². The lowest BCUT2D eigenvalue weighted by atomic mass is 10.1. The molecular formula is C22H21N3O5. The Labute approximate surface area is 173 Å². The summed E-state index contributed by atoms with van der Waals surface area (Å²) in [4.78, 5) is 30.3. The van der Waals surface area contributed by atoms with E-state index >= 15 is 0 Å². The van der Waals surface area contributed by atoms with E-state index < -0.39 is 5.97 Å². The second-order valence-corrected chi connectivity index (χ2v) is 6.91. The Bertz CT molecular complexity index is 1060. The monoisotopic (exact) mass is 407 g/mol. The van der Waals surface area contributed by atoms with Gasteiger partial charge in [-0.3, -0.25) is 4.79 Å². The molecule has 0 aliphatic carbocycles. The largest absolute Gasteiger partial charge is 0.496 e. The van der Waals surface area contributed by atoms with Crippen LogP contribution in [0.25, 0.3) is 11.4 Å². The molecule has 154 valence electrons. The molecule has 1 fully saturated rings. The van der Waals surface area contributed by atoms with Gasteiger partial charge in [0.25, 0.3) is 5.89 Å². The first-order chi connectivity index (χ1) is 14.6. The van der Waals surface area contributed by atoms with Crippen molar-refractivity contribution in [2.75, 3.05) is 13.7 Å². The zero-order valence-corrected chi connectivity index (χ0v) is 16.5. The minimum atomic E-state index is -0.498. The van der Waals surface area contributed by atoms with Gasteiger partial charge in [-0.05, 0) is 36.2 Å². The van der Waals surface area contributed by atoms with Crippen LogP contribution >= 0.6 is 0 Å². The van der Waals surface area contributed by atoms with Crippen LogP contribution in [0.15, 0.2) is 53.1 Å². The first kappa shape index (κ1) is 19.6. The Balaban J connectivity index is 1.39. The molecule has 1 aliphatic heterocycles. The molecule has 1 amide bonds. The van der Waals surface area contributed by atoms with Crippen LogP contribution < -0.4 is 4.74 Å². The zero-order valence-electron chi connectivity index (χ0n) is 16.5. The van der Waals surface area contributed by atoms with E-state index in [2.05, 4.69) is 10.1 Å². The number of amides is 1. The van der Waals surface area contributed by atoms with Gasteiger partial charge >= 0.3 is 5.97 Å². The first-order valence-electron chi connectivity index (χ1n) is 9.64. The fourth-order valence-corrected chi connectivity index (χ4v) is 3.35. The average Bonchev–Trinajstić information content (AvgIpc) is 3.41. The van der Waals surface area contributed by atoms with Crippen molar-refractivity contribution in [3.8, 4) is 17.1 Å². The SMILES string of the molecule is COc1ccccc1-c1noc(COC(=O)c2cccc(CN3CCCC3=O)c2)n1. The maximum Gasteiger partial charge on any atom is 0.338 e. The smallest absolute Gasteiger partial charge is 0.338 e. The number of carbonyl (C=O) groups excluding carboxylic acids is 2. The average molecular weight is 407 g/mol. The number of ether oxygens (including phenoxy) is 2. The molecule has 4 rings (SSSR count). The van der Waals surface area contributed by atoms with Gasteiger partial charge in [0, 0.05) is 19.5 Å². The Kier molecular flexibility index (Phi) is 5.74. The first-order valence-corrected chi connectivity index (χ1v) is 9.64. The number of para-hydroxylation sites is 1. The second-order valence-electron chi connectivity index (χ2n) is 6.91. The van der Waals surface area contributed by atoms with Crippen molar-refractivity contribution in [2.45, 2.75) is 26.0 Å². The Morgan fingerprint density at radius 3 is 2.87 bits per heavy atom. The molecule has 2 heterocycles. The van der Waals surface area contributed by atoms with E-state index in [1.807, 2.05) is 24.3 Å². The van der Waals surface area contributed by atoms with Crippen molar-refractivity contribution in [3.05, 3.63) is 65.5 Å². The molecule has 0 saturated carbocycles. The van der Waals surface area contributed by atoms with Gasteiger partial charge in [-0.2, -0.15) is 4.98 Å². The van der Waals surface area contributed by atoms with Gasteiger partial charge in [0.05, 0.1) is 18.2 Å². The van der Waals surface area contributed by atoms with Crippen molar-refractivity contribution < 1.29 is 23.6 Å². The van der Waals surface area contributed by atoms with Gasteiger partial charge in [0.2, 0.25) is 11.7 Å². The molecule has 2 aromatic carbocycles. The van der Waals surface area contributed by atoms with Crippen molar-refractivity contribution in [2.24, 2.45) is 0 Å². The predicted octanol–water partition coefficient (Wildman–Crippen LogP) is 3.22. The van der Waals surface area contributed by atoms with Crippen LogP contribution in [0.4, 0.5) is 0 Å². The Morgan fingerprint density at radius 2 is 2.07 bits per heavy atom. The van der Waals surface area contributed by atoms with Gasteiger partial charge < -0.3 is 18.9 Å². The van der Waals surface area contributed by atoms with E-state index in [1.54, 1.807) is 36.3 Å². The van der Waals surface area contributed by atoms with Crippen molar-refractivity contribution in [1.29, 1.82) is 0 Å². The normalized spacial score (nSPS) is 13.5. The van der Waals surface area contributed by atoms with E-state index in [0.29, 0.717) is 35.7 Å². The fraction of sp³-hybridized carbons (Fsp3) is 0.273. The third kappa shape index (κ3) is 4.32. The highest BCUT2D eigenvalue weighted by Gasteiger charge is 2.20. The van der Waals surface area contributed by atoms with E-state index in [0.717, 1.165) is 18.5 Å². The molecule has 0 unspecified atom stereocenters. The lowest BCUT2D eigenvalue weighted by molar-refractivity contribution is -0.128. The van der Waals surface area contributed by atoms with Crippen LogP contribution in [0.2, 0.25) is 0 Å². The molecule has 0 spiro atoms. The number of hydrogen-bond acceptors (Lipinski definition) is 7. The number of carbonyl (C=O) groups is 2. The zero-order chi connectivity index (χ0) is 20.9. The number of esters is 1. The number of aromatic nitrogens is 2. The van der Waals surface area contributed by atoms with Gasteiger partial charge in [0.1, 0.15) is 5.75 Å². The van der Waals surface area contributed by atoms with Crippen LogP contribution in [0.3, 0.4) is 0 Å². The number of rotatable bonds is 7. The van der Waals surface area contributed by atoms with E-state index in [1.165, 1.54) is 0 Å². The highest BCUT2D eigenvalue weighted by molar-refractivity contribution is 5.89. The lowest BCUT2D eigenvalue weighted by Crippen LogP contribution is -2.23. The number of hydrogen-bond donors (Lipinski definition) is 0. The molecule has 1 aliphatic rings. The summed E-state index contributed by atoms with van der Waals surface area (Å²) >= 11 is 0. The Morgan fingerprint density at radius 1 is 1.20 bits per heavy atom. The molecule has 0 N–H and O–H groups in total. The maximum absolute atomic E-state index is 12.4. The summed E-state index contributed by atoms with van der Waals surface area (Å²) in [5.41, 5.74) is 1.98. The van der Waals surface area contributed by atoms with Gasteiger partial charge in [0.15, 0.2) is 6.61 Å². The van der Waals surface area contributed by atoms with Crippen LogP contribution in [0, 0.1) is 0 Å².